The lowest BCUT2D eigenvalue weighted by atomic mass is 9.91. The summed E-state index contributed by atoms with van der Waals surface area (Å²) >= 11 is 0. The average Bonchev–Trinajstić information content (AvgIpc) is 2.69. The van der Waals surface area contributed by atoms with Gasteiger partial charge in [0.05, 0.1) is 45.6 Å². The Balaban J connectivity index is 2.40. The van der Waals surface area contributed by atoms with Gasteiger partial charge in [0.25, 0.3) is 0 Å². The van der Waals surface area contributed by atoms with Gasteiger partial charge in [-0.2, -0.15) is 9.57 Å². The fraction of sp³-hybridized carbons (Fsp3) is 0.579. The zero-order chi connectivity index (χ0) is 20.7. The molecule has 0 spiro atoms. The van der Waals surface area contributed by atoms with Crippen LogP contribution in [-0.2, 0) is 26.0 Å². The maximum absolute atomic E-state index is 13.0. The van der Waals surface area contributed by atoms with Gasteiger partial charge in [-0.3, -0.25) is 4.79 Å². The third kappa shape index (κ3) is 4.94. The highest BCUT2D eigenvalue weighted by Crippen LogP contribution is 2.40. The number of hydrogen-bond donors (Lipinski definition) is 0. The fourth-order valence-electron chi connectivity index (χ4n) is 3.40. The molecule has 0 radical (unpaired) electrons. The third-order valence-corrected chi connectivity index (χ3v) is 6.80. The number of benzene rings is 1. The fourth-order valence-corrected chi connectivity index (χ4v) is 5.15. The predicted molar refractivity (Wildman–Crippen MR) is 103 cm³/mol. The van der Waals surface area contributed by atoms with Crippen molar-refractivity contribution in [1.82, 2.24) is 4.31 Å². The quantitative estimate of drug-likeness (QED) is 0.454. The van der Waals surface area contributed by atoms with Gasteiger partial charge in [0.1, 0.15) is 0 Å². The average molecular weight is 410 g/mol. The van der Waals surface area contributed by atoms with Gasteiger partial charge in [0, 0.05) is 13.0 Å². The standard InChI is InChI=1S/C19H26N2O6S/c1-25-17-11-14-7-9-21(28(23,24)10-6-4-5-8-20)16(13-19(22)27-3)15(14)12-18(17)26-2/h11-12,16H,4-7,9-10,13H2,1-3H3. The van der Waals surface area contributed by atoms with Crippen LogP contribution in [0.4, 0.5) is 0 Å². The van der Waals surface area contributed by atoms with Crippen LogP contribution in [0.1, 0.15) is 42.9 Å². The van der Waals surface area contributed by atoms with E-state index < -0.39 is 22.0 Å². The van der Waals surface area contributed by atoms with Gasteiger partial charge in [0.2, 0.25) is 10.0 Å². The Morgan fingerprint density at radius 1 is 1.21 bits per heavy atom. The van der Waals surface area contributed by atoms with Crippen LogP contribution < -0.4 is 9.47 Å². The number of hydrogen-bond acceptors (Lipinski definition) is 7. The van der Waals surface area contributed by atoms with Crippen LogP contribution in [0, 0.1) is 11.3 Å². The smallest absolute Gasteiger partial charge is 0.307 e. The van der Waals surface area contributed by atoms with E-state index in [0.717, 1.165) is 11.1 Å². The van der Waals surface area contributed by atoms with Crippen LogP contribution in [0.2, 0.25) is 0 Å². The van der Waals surface area contributed by atoms with Crippen LogP contribution in [0.25, 0.3) is 0 Å². The van der Waals surface area contributed by atoms with E-state index in [4.69, 9.17) is 19.5 Å². The number of ether oxygens (including phenoxy) is 3. The minimum Gasteiger partial charge on any atom is -0.493 e. The molecule has 0 bridgehead atoms. The molecule has 1 aromatic carbocycles. The SMILES string of the molecule is COC(=O)CC1c2cc(OC)c(OC)cc2CCN1S(=O)(=O)CCCCC#N. The van der Waals surface area contributed by atoms with E-state index in [1.54, 1.807) is 6.07 Å². The summed E-state index contributed by atoms with van der Waals surface area (Å²) in [4.78, 5) is 12.0. The van der Waals surface area contributed by atoms with Crippen LogP contribution in [-0.4, -0.2) is 52.3 Å². The van der Waals surface area contributed by atoms with Gasteiger partial charge >= 0.3 is 5.97 Å². The number of nitrogens with zero attached hydrogens (tertiary/aromatic N) is 2. The van der Waals surface area contributed by atoms with Crippen LogP contribution in [0.15, 0.2) is 12.1 Å². The van der Waals surface area contributed by atoms with Crippen molar-refractivity contribution < 1.29 is 27.4 Å². The molecule has 1 heterocycles. The van der Waals surface area contributed by atoms with Crippen molar-refractivity contribution in [2.75, 3.05) is 33.6 Å². The van der Waals surface area contributed by atoms with Gasteiger partial charge in [-0.25, -0.2) is 8.42 Å². The van der Waals surface area contributed by atoms with Gasteiger partial charge < -0.3 is 14.2 Å². The monoisotopic (exact) mass is 410 g/mol. The Morgan fingerprint density at radius 3 is 2.50 bits per heavy atom. The Hall–Kier alpha value is -2.31. The van der Waals surface area contributed by atoms with Crippen molar-refractivity contribution in [3.05, 3.63) is 23.3 Å². The molecule has 9 heteroatoms. The molecule has 1 unspecified atom stereocenters. The number of fused-ring (bicyclic) bond motifs is 1. The van der Waals surface area contributed by atoms with Crippen LogP contribution in [0.3, 0.4) is 0 Å². The zero-order valence-electron chi connectivity index (χ0n) is 16.4. The van der Waals surface area contributed by atoms with Gasteiger partial charge in [-0.1, -0.05) is 0 Å². The number of sulfonamides is 1. The van der Waals surface area contributed by atoms with Crippen molar-refractivity contribution in [3.63, 3.8) is 0 Å². The lowest BCUT2D eigenvalue weighted by molar-refractivity contribution is -0.141. The third-order valence-electron chi connectivity index (χ3n) is 4.84. The Kier molecular flexibility index (Phi) is 7.66. The first-order valence-electron chi connectivity index (χ1n) is 9.06. The van der Waals surface area contributed by atoms with Crippen molar-refractivity contribution >= 4 is 16.0 Å². The summed E-state index contributed by atoms with van der Waals surface area (Å²) in [5, 5.41) is 8.63. The second-order valence-electron chi connectivity index (χ2n) is 6.49. The first-order valence-corrected chi connectivity index (χ1v) is 10.7. The molecule has 0 fully saturated rings. The molecule has 0 saturated heterocycles. The van der Waals surface area contributed by atoms with E-state index >= 15 is 0 Å². The molecule has 0 amide bonds. The highest BCUT2D eigenvalue weighted by atomic mass is 32.2. The maximum atomic E-state index is 13.0. The van der Waals surface area contributed by atoms with Crippen LogP contribution in [0.5, 0.6) is 11.5 Å². The van der Waals surface area contributed by atoms with Crippen LogP contribution >= 0.6 is 0 Å². The van der Waals surface area contributed by atoms with Crippen molar-refractivity contribution in [2.24, 2.45) is 0 Å². The number of methoxy groups -OCH3 is 3. The lowest BCUT2D eigenvalue weighted by Gasteiger charge is -2.36. The van der Waals surface area contributed by atoms with Gasteiger partial charge in [-0.15, -0.1) is 0 Å². The number of esters is 1. The summed E-state index contributed by atoms with van der Waals surface area (Å²) in [6.07, 6.45) is 1.66. The normalized spacial score (nSPS) is 16.7. The molecular weight excluding hydrogens is 384 g/mol. The molecule has 8 nitrogen and oxygen atoms in total. The van der Waals surface area contributed by atoms with E-state index in [1.165, 1.54) is 25.6 Å². The number of unbranched alkanes of at least 4 members (excludes halogenated alkanes) is 2. The molecular formula is C19H26N2O6S. The Bertz CT molecular complexity index is 847. The minimum absolute atomic E-state index is 0.0605. The maximum Gasteiger partial charge on any atom is 0.307 e. The second-order valence-corrected chi connectivity index (χ2v) is 8.54. The Labute approximate surface area is 166 Å². The largest absolute Gasteiger partial charge is 0.493 e. The first kappa shape index (κ1) is 22.0. The highest BCUT2D eigenvalue weighted by Gasteiger charge is 2.37. The molecule has 0 aromatic heterocycles. The first-order chi connectivity index (χ1) is 13.4. The molecule has 0 saturated carbocycles. The van der Waals surface area contributed by atoms with Crippen molar-refractivity contribution in [2.45, 2.75) is 38.1 Å². The van der Waals surface area contributed by atoms with E-state index in [1.807, 2.05) is 12.1 Å². The predicted octanol–water partition coefficient (Wildman–Crippen LogP) is 2.19. The number of nitriles is 1. The summed E-state index contributed by atoms with van der Waals surface area (Å²) in [6.45, 7) is 0.269. The molecule has 2 rings (SSSR count). The van der Waals surface area contributed by atoms with E-state index in [2.05, 4.69) is 0 Å². The van der Waals surface area contributed by atoms with Gasteiger partial charge in [0.15, 0.2) is 11.5 Å². The van der Waals surface area contributed by atoms with E-state index in [9.17, 15) is 13.2 Å². The molecule has 0 aliphatic carbocycles. The van der Waals surface area contributed by atoms with Gasteiger partial charge in [-0.05, 0) is 42.5 Å². The van der Waals surface area contributed by atoms with E-state index in [0.29, 0.717) is 37.2 Å². The molecule has 28 heavy (non-hydrogen) atoms. The molecule has 1 atom stereocenters. The lowest BCUT2D eigenvalue weighted by Crippen LogP contribution is -2.42. The highest BCUT2D eigenvalue weighted by molar-refractivity contribution is 7.89. The Morgan fingerprint density at radius 2 is 1.89 bits per heavy atom. The summed E-state index contributed by atoms with van der Waals surface area (Å²) in [5.74, 6) is 0.488. The van der Waals surface area contributed by atoms with E-state index in [-0.39, 0.29) is 18.7 Å². The second kappa shape index (κ2) is 9.75. The molecule has 1 aromatic rings. The number of carbonyl (C=O) groups is 1. The molecule has 154 valence electrons. The molecule has 1 aliphatic rings. The number of rotatable bonds is 9. The van der Waals surface area contributed by atoms with Crippen molar-refractivity contribution in [3.8, 4) is 17.6 Å². The van der Waals surface area contributed by atoms with Crippen molar-refractivity contribution in [1.29, 1.82) is 5.26 Å². The summed E-state index contributed by atoms with van der Waals surface area (Å²) in [5.41, 5.74) is 1.64. The number of carbonyl (C=O) groups excluding carboxylic acids is 1. The molecule has 0 N–H and O–H groups in total. The summed E-state index contributed by atoms with van der Waals surface area (Å²) in [6, 6.07) is 4.91. The zero-order valence-corrected chi connectivity index (χ0v) is 17.3. The summed E-state index contributed by atoms with van der Waals surface area (Å²) < 4.78 is 42.8. The molecule has 1 aliphatic heterocycles. The summed E-state index contributed by atoms with van der Waals surface area (Å²) in [7, 11) is 0.723. The minimum atomic E-state index is -3.60. The topological polar surface area (TPSA) is 106 Å².